The molecule has 0 spiro atoms. The number of H-pyrrole nitrogens is 1. The fourth-order valence-corrected chi connectivity index (χ4v) is 6.09. The molecule has 9 heteroatoms. The largest absolute Gasteiger partial charge is 0.496 e. The molecule has 1 aliphatic rings. The number of benzene rings is 1. The second-order valence-corrected chi connectivity index (χ2v) is 10.4. The van der Waals surface area contributed by atoms with Crippen LogP contribution in [-0.2, 0) is 4.79 Å². The number of nitrogens with zero attached hydrogens (tertiary/aromatic N) is 3. The maximum Gasteiger partial charge on any atom is 0.217 e. The van der Waals surface area contributed by atoms with Gasteiger partial charge in [-0.15, -0.1) is 0 Å². The van der Waals surface area contributed by atoms with Crippen LogP contribution >= 0.6 is 11.6 Å². The van der Waals surface area contributed by atoms with Gasteiger partial charge in [0.25, 0.3) is 0 Å². The molecule has 194 valence electrons. The molecule has 1 atom stereocenters. The smallest absolute Gasteiger partial charge is 0.217 e. The minimum Gasteiger partial charge on any atom is -0.496 e. The number of rotatable bonds is 7. The third-order valence-electron chi connectivity index (χ3n) is 7.78. The standard InChI is InChI=1S/C28H31ClFN5O2/c1-15(26-24(37-3)9-8-23(30)27(26)29)21-13-33-28-20(21)11-18(12-32-28)22-14-34-35(16(22)2)19-6-4-17(5-7-19)10-25(31)36/h8-9,11-15,17,19H,4-7,10H2,1-3H3,(H2,31,36)(H,32,33)/t15-,17?,19?/m0/s1. The second-order valence-electron chi connectivity index (χ2n) is 10.00. The number of primary amides is 1. The van der Waals surface area contributed by atoms with Gasteiger partial charge in [0, 0.05) is 52.5 Å². The van der Waals surface area contributed by atoms with E-state index in [9.17, 15) is 9.18 Å². The Morgan fingerprint density at radius 2 is 2.05 bits per heavy atom. The fourth-order valence-electron chi connectivity index (χ4n) is 5.77. The van der Waals surface area contributed by atoms with Crippen molar-refractivity contribution >= 4 is 28.5 Å². The predicted molar refractivity (Wildman–Crippen MR) is 142 cm³/mol. The summed E-state index contributed by atoms with van der Waals surface area (Å²) >= 11 is 6.38. The Hall–Kier alpha value is -3.39. The number of nitrogens with two attached hydrogens (primary N) is 1. The topological polar surface area (TPSA) is 98.8 Å². The van der Waals surface area contributed by atoms with Crippen LogP contribution in [0.15, 0.2) is 36.8 Å². The van der Waals surface area contributed by atoms with Crippen molar-refractivity contribution in [3.8, 4) is 16.9 Å². The van der Waals surface area contributed by atoms with Crippen molar-refractivity contribution in [2.45, 2.75) is 57.9 Å². The first-order chi connectivity index (χ1) is 17.8. The molecule has 0 unspecified atom stereocenters. The summed E-state index contributed by atoms with van der Waals surface area (Å²) in [7, 11) is 1.55. The van der Waals surface area contributed by atoms with Crippen LogP contribution in [0.3, 0.4) is 0 Å². The lowest BCUT2D eigenvalue weighted by atomic mass is 9.84. The lowest BCUT2D eigenvalue weighted by Gasteiger charge is -2.28. The summed E-state index contributed by atoms with van der Waals surface area (Å²) in [5, 5.41) is 5.73. The average Bonchev–Trinajstić information content (AvgIpc) is 3.48. The number of halogens is 2. The number of hydrogen-bond acceptors (Lipinski definition) is 4. The number of ether oxygens (including phenoxy) is 1. The predicted octanol–water partition coefficient (Wildman–Crippen LogP) is 6.29. The van der Waals surface area contributed by atoms with Crippen LogP contribution in [-0.4, -0.2) is 32.8 Å². The molecule has 0 bridgehead atoms. The van der Waals surface area contributed by atoms with Crippen LogP contribution < -0.4 is 10.5 Å². The summed E-state index contributed by atoms with van der Waals surface area (Å²) in [4.78, 5) is 19.2. The molecule has 1 aliphatic carbocycles. The van der Waals surface area contributed by atoms with E-state index in [0.29, 0.717) is 29.7 Å². The van der Waals surface area contributed by atoms with Crippen molar-refractivity contribution in [1.29, 1.82) is 0 Å². The Kier molecular flexibility index (Phi) is 6.94. The molecular weight excluding hydrogens is 493 g/mol. The number of hydrogen-bond donors (Lipinski definition) is 2. The Morgan fingerprint density at radius 1 is 1.30 bits per heavy atom. The van der Waals surface area contributed by atoms with Crippen LogP contribution in [0.4, 0.5) is 4.39 Å². The highest BCUT2D eigenvalue weighted by atomic mass is 35.5. The molecule has 7 nitrogen and oxygen atoms in total. The Labute approximate surface area is 220 Å². The van der Waals surface area contributed by atoms with Gasteiger partial charge in [-0.1, -0.05) is 18.5 Å². The van der Waals surface area contributed by atoms with Crippen LogP contribution in [0.5, 0.6) is 5.75 Å². The molecule has 1 aromatic carbocycles. The van der Waals surface area contributed by atoms with E-state index in [0.717, 1.165) is 59.1 Å². The highest BCUT2D eigenvalue weighted by Crippen LogP contribution is 2.41. The van der Waals surface area contributed by atoms with Gasteiger partial charge in [-0.3, -0.25) is 9.48 Å². The van der Waals surface area contributed by atoms with E-state index < -0.39 is 5.82 Å². The summed E-state index contributed by atoms with van der Waals surface area (Å²) < 4.78 is 21.9. The lowest BCUT2D eigenvalue weighted by molar-refractivity contribution is -0.119. The SMILES string of the molecule is COc1ccc(F)c(Cl)c1[C@@H](C)c1c[nH]c2ncc(-c3cnn(C4CCC(CC(N)=O)CC4)c3C)cc12. The van der Waals surface area contributed by atoms with E-state index in [4.69, 9.17) is 27.2 Å². The van der Waals surface area contributed by atoms with E-state index in [1.54, 1.807) is 13.2 Å². The van der Waals surface area contributed by atoms with Gasteiger partial charge < -0.3 is 15.5 Å². The summed E-state index contributed by atoms with van der Waals surface area (Å²) in [6.07, 6.45) is 10.0. The number of nitrogens with one attached hydrogen (secondary N) is 1. The van der Waals surface area contributed by atoms with E-state index in [1.165, 1.54) is 6.07 Å². The fraction of sp³-hybridized carbons (Fsp3) is 0.393. The first kappa shape index (κ1) is 25.3. The van der Waals surface area contributed by atoms with Gasteiger partial charge in [-0.05, 0) is 62.3 Å². The number of pyridine rings is 1. The first-order valence-corrected chi connectivity index (χ1v) is 13.0. The third-order valence-corrected chi connectivity index (χ3v) is 8.17. The van der Waals surface area contributed by atoms with Gasteiger partial charge in [0.2, 0.25) is 5.91 Å². The van der Waals surface area contributed by atoms with Crippen molar-refractivity contribution in [3.63, 3.8) is 0 Å². The number of carbonyl (C=O) groups excluding carboxylic acids is 1. The maximum atomic E-state index is 14.3. The zero-order chi connectivity index (χ0) is 26.3. The van der Waals surface area contributed by atoms with Gasteiger partial charge in [0.05, 0.1) is 24.4 Å². The summed E-state index contributed by atoms with van der Waals surface area (Å²) in [6.45, 7) is 4.07. The first-order valence-electron chi connectivity index (χ1n) is 12.6. The van der Waals surface area contributed by atoms with Crippen molar-refractivity contribution in [2.24, 2.45) is 11.7 Å². The summed E-state index contributed by atoms with van der Waals surface area (Å²) in [5.41, 5.74) is 10.8. The van der Waals surface area contributed by atoms with Gasteiger partial charge in [-0.25, -0.2) is 9.37 Å². The number of amides is 1. The second kappa shape index (κ2) is 10.2. The maximum absolute atomic E-state index is 14.3. The molecule has 1 saturated carbocycles. The summed E-state index contributed by atoms with van der Waals surface area (Å²) in [6, 6.07) is 5.32. The van der Waals surface area contributed by atoms with Gasteiger partial charge in [-0.2, -0.15) is 5.10 Å². The zero-order valence-corrected chi connectivity index (χ0v) is 22.0. The Balaban J connectivity index is 1.46. The van der Waals surface area contributed by atoms with E-state index >= 15 is 0 Å². The molecular formula is C28H31ClFN5O2. The van der Waals surface area contributed by atoms with Crippen molar-refractivity contribution in [3.05, 3.63) is 64.5 Å². The Morgan fingerprint density at radius 3 is 2.76 bits per heavy atom. The monoisotopic (exact) mass is 523 g/mol. The molecule has 0 saturated heterocycles. The quantitative estimate of drug-likeness (QED) is 0.297. The molecule has 3 aromatic heterocycles. The molecule has 1 fully saturated rings. The Bertz CT molecular complexity index is 1450. The molecule has 0 radical (unpaired) electrons. The van der Waals surface area contributed by atoms with Gasteiger partial charge >= 0.3 is 0 Å². The molecule has 5 rings (SSSR count). The van der Waals surface area contributed by atoms with Gasteiger partial charge in [0.15, 0.2) is 0 Å². The van der Waals surface area contributed by atoms with Gasteiger partial charge in [0.1, 0.15) is 17.2 Å². The number of carbonyl (C=O) groups is 1. The third kappa shape index (κ3) is 4.70. The molecule has 0 aliphatic heterocycles. The van der Waals surface area contributed by atoms with Crippen molar-refractivity contribution in [2.75, 3.05) is 7.11 Å². The van der Waals surface area contributed by atoms with E-state index in [-0.39, 0.29) is 16.8 Å². The van der Waals surface area contributed by atoms with Crippen molar-refractivity contribution < 1.29 is 13.9 Å². The summed E-state index contributed by atoms with van der Waals surface area (Å²) in [5.74, 6) is -0.0200. The van der Waals surface area contributed by atoms with E-state index in [2.05, 4.69) is 27.6 Å². The minimum absolute atomic E-state index is 0.0629. The average molecular weight is 524 g/mol. The molecule has 1 amide bonds. The molecule has 4 aromatic rings. The van der Waals surface area contributed by atoms with Crippen LogP contribution in [0, 0.1) is 18.7 Å². The van der Waals surface area contributed by atoms with Crippen molar-refractivity contribution in [1.82, 2.24) is 19.7 Å². The van der Waals surface area contributed by atoms with Crippen LogP contribution in [0.25, 0.3) is 22.2 Å². The van der Waals surface area contributed by atoms with Crippen LogP contribution in [0.1, 0.15) is 67.8 Å². The zero-order valence-electron chi connectivity index (χ0n) is 21.2. The molecule has 3 heterocycles. The highest BCUT2D eigenvalue weighted by molar-refractivity contribution is 6.31. The highest BCUT2D eigenvalue weighted by Gasteiger charge is 2.26. The van der Waals surface area contributed by atoms with E-state index in [1.807, 2.05) is 25.5 Å². The minimum atomic E-state index is -0.477. The number of aromatic amines is 1. The number of aromatic nitrogens is 4. The molecule has 37 heavy (non-hydrogen) atoms. The van der Waals surface area contributed by atoms with Crippen LogP contribution in [0.2, 0.25) is 5.02 Å². The normalized spacial score (nSPS) is 18.7. The number of fused-ring (bicyclic) bond motifs is 1. The molecule has 3 N–H and O–H groups in total. The lowest BCUT2D eigenvalue weighted by Crippen LogP contribution is -2.23. The number of methoxy groups -OCH3 is 1.